The minimum Gasteiger partial charge on any atom is -0.120 e. The van der Waals surface area contributed by atoms with Crippen molar-refractivity contribution in [2.24, 2.45) is 0 Å². The number of hydrogen-bond acceptors (Lipinski definition) is 1. The van der Waals surface area contributed by atoms with Crippen molar-refractivity contribution in [2.75, 3.05) is 6.54 Å². The fourth-order valence-corrected chi connectivity index (χ4v) is 2.03. The quantitative estimate of drug-likeness (QED) is 0.502. The third kappa shape index (κ3) is 1.17. The molecule has 0 bridgehead atoms. The molecule has 1 aliphatic heterocycles. The molecular weight excluding hydrogens is 142 g/mol. The van der Waals surface area contributed by atoms with E-state index in [0.717, 1.165) is 24.4 Å². The lowest BCUT2D eigenvalue weighted by atomic mass is 9.83. The zero-order valence-corrected chi connectivity index (χ0v) is 6.60. The van der Waals surface area contributed by atoms with Gasteiger partial charge in [0.15, 0.2) is 0 Å². The topological polar surface area (TPSA) is 44.1 Å². The number of nitroso groups, excluding NO2 is 1. The average molecular weight is 156 g/mol. The Balaban J connectivity index is 2.03. The van der Waals surface area contributed by atoms with E-state index in [-0.39, 0.29) is 5.54 Å². The number of rotatable bonds is 0. The SMILES string of the molecule is O=[N+]1NCC2(CCCCC2)N1. The lowest BCUT2D eigenvalue weighted by Crippen LogP contribution is -2.45. The summed E-state index contributed by atoms with van der Waals surface area (Å²) in [4.78, 5) is 11.6. The maximum absolute atomic E-state index is 10.8. The van der Waals surface area contributed by atoms with Gasteiger partial charge in [0.1, 0.15) is 12.1 Å². The Hall–Kier alpha value is -0.800. The second-order valence-corrected chi connectivity index (χ2v) is 3.58. The van der Waals surface area contributed by atoms with E-state index in [1.54, 1.807) is 0 Å². The van der Waals surface area contributed by atoms with Gasteiger partial charge in [0.05, 0.1) is 4.91 Å². The first-order chi connectivity index (χ1) is 5.31. The van der Waals surface area contributed by atoms with Gasteiger partial charge in [-0.25, -0.2) is 0 Å². The second kappa shape index (κ2) is 2.36. The van der Waals surface area contributed by atoms with E-state index < -0.39 is 0 Å². The monoisotopic (exact) mass is 156 g/mol. The Morgan fingerprint density at radius 3 is 2.45 bits per heavy atom. The number of nitrogens with one attached hydrogen (secondary N) is 2. The third-order valence-electron chi connectivity index (χ3n) is 2.71. The summed E-state index contributed by atoms with van der Waals surface area (Å²) < 4.78 is 0. The summed E-state index contributed by atoms with van der Waals surface area (Å²) in [6, 6.07) is 0. The number of hydrogen-bond donors (Lipinski definition) is 2. The molecule has 0 aromatic rings. The van der Waals surface area contributed by atoms with Gasteiger partial charge in [-0.3, -0.25) is 0 Å². The van der Waals surface area contributed by atoms with E-state index in [0.29, 0.717) is 0 Å². The predicted octanol–water partition coefficient (Wildman–Crippen LogP) is 0.491. The zero-order valence-electron chi connectivity index (χ0n) is 6.60. The molecule has 1 saturated carbocycles. The van der Waals surface area contributed by atoms with Gasteiger partial charge in [-0.2, -0.15) is 0 Å². The molecule has 1 heterocycles. The van der Waals surface area contributed by atoms with Crippen molar-refractivity contribution in [1.29, 1.82) is 0 Å². The van der Waals surface area contributed by atoms with E-state index in [1.807, 2.05) is 0 Å². The molecule has 0 aromatic heterocycles. The molecule has 1 saturated heterocycles. The Bertz CT molecular complexity index is 175. The molecule has 2 N–H and O–H groups in total. The largest absolute Gasteiger partial charge is 0.246 e. The molecule has 1 spiro atoms. The highest BCUT2D eigenvalue weighted by Crippen LogP contribution is 2.28. The fourth-order valence-electron chi connectivity index (χ4n) is 2.03. The van der Waals surface area contributed by atoms with Gasteiger partial charge in [0.2, 0.25) is 4.98 Å². The molecule has 4 heteroatoms. The van der Waals surface area contributed by atoms with Crippen molar-refractivity contribution in [3.8, 4) is 0 Å². The molecule has 2 fully saturated rings. The van der Waals surface area contributed by atoms with Crippen molar-refractivity contribution < 1.29 is 4.98 Å². The van der Waals surface area contributed by atoms with Crippen molar-refractivity contribution in [1.82, 2.24) is 10.9 Å². The Morgan fingerprint density at radius 1 is 1.18 bits per heavy atom. The molecule has 0 unspecified atom stereocenters. The van der Waals surface area contributed by atoms with Gasteiger partial charge in [-0.15, -0.1) is 10.9 Å². The summed E-state index contributed by atoms with van der Waals surface area (Å²) in [6.45, 7) is 0.802. The van der Waals surface area contributed by atoms with Crippen LogP contribution < -0.4 is 10.9 Å². The summed E-state index contributed by atoms with van der Waals surface area (Å²) >= 11 is 0. The van der Waals surface area contributed by atoms with E-state index in [1.165, 1.54) is 19.3 Å². The first kappa shape index (κ1) is 6.88. The Labute approximate surface area is 65.9 Å². The summed E-state index contributed by atoms with van der Waals surface area (Å²) in [7, 11) is 0. The number of hydrazine groups is 2. The van der Waals surface area contributed by atoms with Crippen LogP contribution in [-0.2, 0) is 0 Å². The van der Waals surface area contributed by atoms with E-state index in [2.05, 4.69) is 10.9 Å². The first-order valence-corrected chi connectivity index (χ1v) is 4.29. The standard InChI is InChI=1S/C7H14N3O/c11-10-8-6-7(9-10)4-2-1-3-5-7/h1-6H2,(H2,8,9,11)/q+1. The number of nitrogens with zero attached hydrogens (tertiary/aromatic N) is 1. The molecule has 0 aromatic carbocycles. The van der Waals surface area contributed by atoms with Crippen LogP contribution in [0.1, 0.15) is 32.1 Å². The van der Waals surface area contributed by atoms with Gasteiger partial charge in [0.25, 0.3) is 0 Å². The molecule has 62 valence electrons. The predicted molar refractivity (Wildman–Crippen MR) is 40.6 cm³/mol. The van der Waals surface area contributed by atoms with E-state index >= 15 is 0 Å². The van der Waals surface area contributed by atoms with Gasteiger partial charge < -0.3 is 0 Å². The third-order valence-corrected chi connectivity index (χ3v) is 2.71. The van der Waals surface area contributed by atoms with Crippen molar-refractivity contribution in [3.63, 3.8) is 0 Å². The highest BCUT2D eigenvalue weighted by Gasteiger charge is 2.44. The van der Waals surface area contributed by atoms with E-state index in [9.17, 15) is 4.91 Å². The van der Waals surface area contributed by atoms with Gasteiger partial charge >= 0.3 is 0 Å². The summed E-state index contributed by atoms with van der Waals surface area (Å²) in [5.41, 5.74) is 5.78. The Morgan fingerprint density at radius 2 is 1.91 bits per heavy atom. The summed E-state index contributed by atoms with van der Waals surface area (Å²) in [5, 5.41) is 0. The molecule has 0 radical (unpaired) electrons. The maximum Gasteiger partial charge on any atom is 0.246 e. The van der Waals surface area contributed by atoms with Gasteiger partial charge in [-0.05, 0) is 12.8 Å². The Kier molecular flexibility index (Phi) is 1.47. The fraction of sp³-hybridized carbons (Fsp3) is 1.00. The van der Waals surface area contributed by atoms with Gasteiger partial charge in [-0.1, -0.05) is 19.3 Å². The lowest BCUT2D eigenvalue weighted by molar-refractivity contribution is -0.644. The molecule has 4 nitrogen and oxygen atoms in total. The van der Waals surface area contributed by atoms with Crippen LogP contribution in [0.4, 0.5) is 0 Å². The minimum absolute atomic E-state index is 0.0972. The smallest absolute Gasteiger partial charge is 0.120 e. The average Bonchev–Trinajstić information content (AvgIpc) is 2.34. The van der Waals surface area contributed by atoms with Crippen LogP contribution in [0.2, 0.25) is 0 Å². The molecule has 2 aliphatic rings. The molecule has 11 heavy (non-hydrogen) atoms. The first-order valence-electron chi connectivity index (χ1n) is 4.29. The second-order valence-electron chi connectivity index (χ2n) is 3.58. The van der Waals surface area contributed by atoms with Crippen LogP contribution in [0.3, 0.4) is 0 Å². The maximum atomic E-state index is 10.8. The molecule has 0 atom stereocenters. The molecular formula is C7H14N3O+. The van der Waals surface area contributed by atoms with Crippen LogP contribution >= 0.6 is 0 Å². The lowest BCUT2D eigenvalue weighted by Gasteiger charge is -2.26. The highest BCUT2D eigenvalue weighted by molar-refractivity contribution is 4.90. The molecule has 0 amide bonds. The highest BCUT2D eigenvalue weighted by atomic mass is 16.4. The normalized spacial score (nSPS) is 28.2. The summed E-state index contributed by atoms with van der Waals surface area (Å²) in [5.74, 6) is 0. The van der Waals surface area contributed by atoms with Crippen LogP contribution in [0.5, 0.6) is 0 Å². The van der Waals surface area contributed by atoms with E-state index in [4.69, 9.17) is 0 Å². The zero-order chi connectivity index (χ0) is 7.73. The van der Waals surface area contributed by atoms with Crippen LogP contribution in [0.25, 0.3) is 0 Å². The molecule has 2 rings (SSSR count). The van der Waals surface area contributed by atoms with Crippen molar-refractivity contribution >= 4 is 0 Å². The van der Waals surface area contributed by atoms with Crippen LogP contribution in [-0.4, -0.2) is 17.1 Å². The van der Waals surface area contributed by atoms with Crippen molar-refractivity contribution in [2.45, 2.75) is 37.6 Å². The van der Waals surface area contributed by atoms with Crippen LogP contribution in [0.15, 0.2) is 0 Å². The van der Waals surface area contributed by atoms with Crippen LogP contribution in [0, 0.1) is 4.91 Å². The molecule has 1 aliphatic carbocycles. The van der Waals surface area contributed by atoms with Gasteiger partial charge in [0, 0.05) is 0 Å². The van der Waals surface area contributed by atoms with Crippen molar-refractivity contribution in [3.05, 3.63) is 4.91 Å². The minimum atomic E-state index is 0.0972. The summed E-state index contributed by atoms with van der Waals surface area (Å²) in [6.07, 6.45) is 6.10.